The summed E-state index contributed by atoms with van der Waals surface area (Å²) in [7, 11) is 0. The molecule has 1 fully saturated rings. The Kier molecular flexibility index (Phi) is 4.03. The van der Waals surface area contributed by atoms with Gasteiger partial charge in [-0.15, -0.1) is 11.3 Å². The highest BCUT2D eigenvalue weighted by atomic mass is 32.1. The summed E-state index contributed by atoms with van der Waals surface area (Å²) in [5, 5.41) is 4.64. The van der Waals surface area contributed by atoms with Crippen LogP contribution in [0.4, 0.5) is 0 Å². The van der Waals surface area contributed by atoms with Gasteiger partial charge in [-0.05, 0) is 32.8 Å². The van der Waals surface area contributed by atoms with Gasteiger partial charge < -0.3 is 10.1 Å². The van der Waals surface area contributed by atoms with Crippen LogP contribution in [0.2, 0.25) is 0 Å². The van der Waals surface area contributed by atoms with Crippen molar-refractivity contribution in [1.82, 2.24) is 10.3 Å². The Labute approximate surface area is 124 Å². The molecule has 0 atom stereocenters. The summed E-state index contributed by atoms with van der Waals surface area (Å²) < 4.78 is 5.97. The third-order valence-electron chi connectivity index (χ3n) is 3.41. The van der Waals surface area contributed by atoms with Crippen LogP contribution >= 0.6 is 11.3 Å². The van der Waals surface area contributed by atoms with E-state index in [4.69, 9.17) is 4.74 Å². The van der Waals surface area contributed by atoms with E-state index in [0.717, 1.165) is 17.3 Å². The zero-order valence-corrected chi connectivity index (χ0v) is 12.8. The molecule has 4 heteroatoms. The number of nitrogens with zero attached hydrogens (tertiary/aromatic N) is 1. The Morgan fingerprint density at radius 2 is 2.20 bits per heavy atom. The van der Waals surface area contributed by atoms with Crippen molar-refractivity contribution < 1.29 is 4.74 Å². The molecule has 1 saturated carbocycles. The standard InChI is InChI=1S/C16H20N2OS/c1-11-3-6-16(13(7-11)8-18-14-4-5-14)19-10-15-9-17-12(2)20-15/h3,6-7,9,14,18H,4-5,8,10H2,1-2H3. The molecule has 1 aromatic carbocycles. The number of thiazole rings is 1. The molecule has 1 heterocycles. The number of hydrogen-bond donors (Lipinski definition) is 1. The van der Waals surface area contributed by atoms with Gasteiger partial charge in [0.1, 0.15) is 12.4 Å². The molecule has 0 bridgehead atoms. The van der Waals surface area contributed by atoms with Crippen molar-refractivity contribution in [3.63, 3.8) is 0 Å². The van der Waals surface area contributed by atoms with Crippen molar-refractivity contribution in [3.8, 4) is 5.75 Å². The van der Waals surface area contributed by atoms with Crippen LogP contribution in [0.25, 0.3) is 0 Å². The number of aryl methyl sites for hydroxylation is 2. The summed E-state index contributed by atoms with van der Waals surface area (Å²) in [5.41, 5.74) is 2.52. The van der Waals surface area contributed by atoms with E-state index >= 15 is 0 Å². The lowest BCUT2D eigenvalue weighted by Gasteiger charge is -2.12. The van der Waals surface area contributed by atoms with Crippen LogP contribution in [0.5, 0.6) is 5.75 Å². The fourth-order valence-electron chi connectivity index (χ4n) is 2.15. The average molecular weight is 288 g/mol. The molecule has 0 aliphatic heterocycles. The van der Waals surface area contributed by atoms with Gasteiger partial charge in [0, 0.05) is 24.3 Å². The highest BCUT2D eigenvalue weighted by Gasteiger charge is 2.20. The fraction of sp³-hybridized carbons (Fsp3) is 0.438. The summed E-state index contributed by atoms with van der Waals surface area (Å²) in [6.07, 6.45) is 4.51. The van der Waals surface area contributed by atoms with Gasteiger partial charge >= 0.3 is 0 Å². The normalized spacial score (nSPS) is 14.5. The lowest BCUT2D eigenvalue weighted by Crippen LogP contribution is -2.16. The third kappa shape index (κ3) is 3.58. The van der Waals surface area contributed by atoms with Crippen LogP contribution in [0.15, 0.2) is 24.4 Å². The van der Waals surface area contributed by atoms with E-state index in [0.29, 0.717) is 12.6 Å². The molecule has 3 rings (SSSR count). The Hall–Kier alpha value is -1.39. The first-order valence-electron chi connectivity index (χ1n) is 7.08. The lowest BCUT2D eigenvalue weighted by atomic mass is 10.1. The van der Waals surface area contributed by atoms with Crippen molar-refractivity contribution in [2.24, 2.45) is 0 Å². The van der Waals surface area contributed by atoms with Crippen molar-refractivity contribution in [2.75, 3.05) is 0 Å². The number of ether oxygens (including phenoxy) is 1. The molecule has 0 amide bonds. The molecular weight excluding hydrogens is 268 g/mol. The molecule has 3 nitrogen and oxygen atoms in total. The van der Waals surface area contributed by atoms with Gasteiger partial charge in [-0.1, -0.05) is 17.7 Å². The largest absolute Gasteiger partial charge is 0.488 e. The average Bonchev–Trinajstić information content (AvgIpc) is 3.17. The Morgan fingerprint density at radius 3 is 2.90 bits per heavy atom. The monoisotopic (exact) mass is 288 g/mol. The zero-order chi connectivity index (χ0) is 13.9. The van der Waals surface area contributed by atoms with E-state index in [1.807, 2.05) is 13.1 Å². The highest BCUT2D eigenvalue weighted by Crippen LogP contribution is 2.25. The smallest absolute Gasteiger partial charge is 0.124 e. The maximum absolute atomic E-state index is 5.97. The van der Waals surface area contributed by atoms with Crippen molar-refractivity contribution in [2.45, 2.75) is 45.9 Å². The minimum Gasteiger partial charge on any atom is -0.488 e. The van der Waals surface area contributed by atoms with Crippen molar-refractivity contribution in [3.05, 3.63) is 45.4 Å². The highest BCUT2D eigenvalue weighted by molar-refractivity contribution is 7.11. The number of nitrogens with one attached hydrogen (secondary N) is 1. The zero-order valence-electron chi connectivity index (χ0n) is 12.0. The van der Waals surface area contributed by atoms with E-state index in [1.165, 1.54) is 28.8 Å². The number of aromatic nitrogens is 1. The minimum atomic E-state index is 0.602. The SMILES string of the molecule is Cc1ccc(OCc2cnc(C)s2)c(CNC2CC2)c1. The molecule has 0 radical (unpaired) electrons. The van der Waals surface area contributed by atoms with Gasteiger partial charge in [0.05, 0.1) is 9.88 Å². The number of hydrogen-bond acceptors (Lipinski definition) is 4. The molecular formula is C16H20N2OS. The third-order valence-corrected chi connectivity index (χ3v) is 4.30. The molecule has 1 N–H and O–H groups in total. The summed E-state index contributed by atoms with van der Waals surface area (Å²) >= 11 is 1.69. The second kappa shape index (κ2) is 5.94. The maximum Gasteiger partial charge on any atom is 0.124 e. The van der Waals surface area contributed by atoms with E-state index in [-0.39, 0.29) is 0 Å². The quantitative estimate of drug-likeness (QED) is 0.882. The molecule has 2 aromatic rings. The van der Waals surface area contributed by atoms with Crippen molar-refractivity contribution >= 4 is 11.3 Å². The maximum atomic E-state index is 5.97. The predicted octanol–water partition coefficient (Wildman–Crippen LogP) is 3.59. The molecule has 0 spiro atoms. The number of rotatable bonds is 6. The van der Waals surface area contributed by atoms with Gasteiger partial charge in [0.15, 0.2) is 0 Å². The first kappa shape index (κ1) is 13.6. The first-order valence-corrected chi connectivity index (χ1v) is 7.89. The van der Waals surface area contributed by atoms with Gasteiger partial charge in [-0.2, -0.15) is 0 Å². The van der Waals surface area contributed by atoms with Gasteiger partial charge in [0.2, 0.25) is 0 Å². The molecule has 1 aromatic heterocycles. The summed E-state index contributed by atoms with van der Waals surface area (Å²) in [6.45, 7) is 5.64. The lowest BCUT2D eigenvalue weighted by molar-refractivity contribution is 0.305. The van der Waals surface area contributed by atoms with Gasteiger partial charge in [0.25, 0.3) is 0 Å². The van der Waals surface area contributed by atoms with Crippen LogP contribution in [0, 0.1) is 13.8 Å². The van der Waals surface area contributed by atoms with E-state index in [1.54, 1.807) is 11.3 Å². The fourth-order valence-corrected chi connectivity index (χ4v) is 2.86. The summed E-state index contributed by atoms with van der Waals surface area (Å²) in [5.74, 6) is 0.981. The Bertz CT molecular complexity index is 590. The van der Waals surface area contributed by atoms with Crippen LogP contribution < -0.4 is 10.1 Å². The van der Waals surface area contributed by atoms with Crippen LogP contribution in [-0.2, 0) is 13.2 Å². The Morgan fingerprint density at radius 1 is 1.35 bits per heavy atom. The molecule has 106 valence electrons. The van der Waals surface area contributed by atoms with Crippen molar-refractivity contribution in [1.29, 1.82) is 0 Å². The second-order valence-corrected chi connectivity index (χ2v) is 6.72. The van der Waals surface area contributed by atoms with Gasteiger partial charge in [-0.3, -0.25) is 0 Å². The first-order chi connectivity index (χ1) is 9.70. The molecule has 20 heavy (non-hydrogen) atoms. The van der Waals surface area contributed by atoms with Crippen LogP contribution in [0.1, 0.15) is 33.9 Å². The molecule has 0 unspecified atom stereocenters. The molecule has 1 aliphatic rings. The van der Waals surface area contributed by atoms with E-state index in [9.17, 15) is 0 Å². The Balaban J connectivity index is 1.66. The summed E-state index contributed by atoms with van der Waals surface area (Å²) in [4.78, 5) is 5.43. The molecule has 1 aliphatic carbocycles. The molecule has 0 saturated heterocycles. The van der Waals surface area contributed by atoms with Gasteiger partial charge in [-0.25, -0.2) is 4.98 Å². The minimum absolute atomic E-state index is 0.602. The summed E-state index contributed by atoms with van der Waals surface area (Å²) in [6, 6.07) is 7.11. The van der Waals surface area contributed by atoms with Crippen LogP contribution in [-0.4, -0.2) is 11.0 Å². The number of benzene rings is 1. The van der Waals surface area contributed by atoms with E-state index < -0.39 is 0 Å². The topological polar surface area (TPSA) is 34.1 Å². The second-order valence-electron chi connectivity index (χ2n) is 5.40. The predicted molar refractivity (Wildman–Crippen MR) is 82.2 cm³/mol. The van der Waals surface area contributed by atoms with Crippen LogP contribution in [0.3, 0.4) is 0 Å². The van der Waals surface area contributed by atoms with E-state index in [2.05, 4.69) is 35.4 Å².